The summed E-state index contributed by atoms with van der Waals surface area (Å²) in [5, 5.41) is 9.58. The zero-order valence-electron chi connectivity index (χ0n) is 15.2. The lowest BCUT2D eigenvalue weighted by Gasteiger charge is -2.08. The van der Waals surface area contributed by atoms with Gasteiger partial charge in [-0.1, -0.05) is 36.0 Å². The van der Waals surface area contributed by atoms with Crippen molar-refractivity contribution >= 4 is 17.4 Å². The maximum atomic E-state index is 5.56. The summed E-state index contributed by atoms with van der Waals surface area (Å²) >= 11 is 1.60. The summed E-state index contributed by atoms with van der Waals surface area (Å²) < 4.78 is 9.63. The highest BCUT2D eigenvalue weighted by Crippen LogP contribution is 2.29. The van der Waals surface area contributed by atoms with Gasteiger partial charge < -0.3 is 8.82 Å². The van der Waals surface area contributed by atoms with Crippen molar-refractivity contribution in [3.63, 3.8) is 0 Å². The number of fused-ring (bicyclic) bond motifs is 1. The van der Waals surface area contributed by atoms with Crippen molar-refractivity contribution in [3.05, 3.63) is 84.5 Å². The van der Waals surface area contributed by atoms with Gasteiger partial charge in [0.15, 0.2) is 10.9 Å². The number of thioether (sulfide) groups is 1. The van der Waals surface area contributed by atoms with Crippen LogP contribution < -0.4 is 0 Å². The van der Waals surface area contributed by atoms with E-state index in [9.17, 15) is 0 Å². The zero-order valence-corrected chi connectivity index (χ0v) is 16.0. The van der Waals surface area contributed by atoms with Gasteiger partial charge in [0.05, 0.1) is 12.0 Å². The van der Waals surface area contributed by atoms with Crippen LogP contribution in [0.4, 0.5) is 0 Å². The van der Waals surface area contributed by atoms with E-state index in [0.717, 1.165) is 22.2 Å². The number of furan rings is 1. The van der Waals surface area contributed by atoms with Crippen LogP contribution in [-0.2, 0) is 5.75 Å². The van der Waals surface area contributed by atoms with Gasteiger partial charge in [-0.2, -0.15) is 0 Å². The van der Waals surface area contributed by atoms with Crippen LogP contribution in [0.25, 0.3) is 22.9 Å². The third-order valence-electron chi connectivity index (χ3n) is 4.39. The Kier molecular flexibility index (Phi) is 4.21. The SMILES string of the molecule is Cc1ccc2nc(CSc3nnc(-c4ccco4)n3-c3ccccc3)cn2c1. The largest absolute Gasteiger partial charge is 0.461 e. The van der Waals surface area contributed by atoms with Gasteiger partial charge in [-0.25, -0.2) is 4.98 Å². The van der Waals surface area contributed by atoms with Gasteiger partial charge in [0, 0.05) is 23.8 Å². The summed E-state index contributed by atoms with van der Waals surface area (Å²) in [6.45, 7) is 2.08. The summed E-state index contributed by atoms with van der Waals surface area (Å²) in [4.78, 5) is 4.69. The fraction of sp³-hybridized carbons (Fsp3) is 0.0952. The number of pyridine rings is 1. The Morgan fingerprint density at radius 3 is 2.68 bits per heavy atom. The summed E-state index contributed by atoms with van der Waals surface area (Å²) in [5.74, 6) is 2.07. The van der Waals surface area contributed by atoms with Gasteiger partial charge in [-0.3, -0.25) is 4.57 Å². The Labute approximate surface area is 165 Å². The number of rotatable bonds is 5. The molecule has 7 heteroatoms. The van der Waals surface area contributed by atoms with E-state index in [0.29, 0.717) is 17.3 Å². The molecule has 0 aliphatic rings. The van der Waals surface area contributed by atoms with Crippen LogP contribution >= 0.6 is 11.8 Å². The highest BCUT2D eigenvalue weighted by molar-refractivity contribution is 7.98. The third kappa shape index (κ3) is 3.10. The topological polar surface area (TPSA) is 61.2 Å². The lowest BCUT2D eigenvalue weighted by atomic mass is 10.3. The number of nitrogens with zero attached hydrogens (tertiary/aromatic N) is 5. The molecular formula is C21H17N5OS. The average Bonchev–Trinajstić information content (AvgIpc) is 3.45. The first kappa shape index (κ1) is 16.8. The van der Waals surface area contributed by atoms with Gasteiger partial charge >= 0.3 is 0 Å². The normalized spacial score (nSPS) is 11.3. The van der Waals surface area contributed by atoms with Crippen molar-refractivity contribution in [3.8, 4) is 17.3 Å². The average molecular weight is 387 g/mol. The standard InChI is InChI=1S/C21H17N5OS/c1-15-9-10-19-22-16(13-25(19)12-15)14-28-21-24-23-20(18-8-5-11-27-18)26(21)17-6-3-2-4-7-17/h2-13H,14H2,1H3. The van der Waals surface area contributed by atoms with Gasteiger partial charge in [0.25, 0.3) is 0 Å². The minimum absolute atomic E-state index is 0.685. The molecule has 0 amide bonds. The Balaban J connectivity index is 1.49. The van der Waals surface area contributed by atoms with Crippen LogP contribution in [0.2, 0.25) is 0 Å². The summed E-state index contributed by atoms with van der Waals surface area (Å²) in [6.07, 6.45) is 5.79. The molecule has 4 aromatic heterocycles. The molecule has 0 atom stereocenters. The molecule has 0 unspecified atom stereocenters. The predicted molar refractivity (Wildman–Crippen MR) is 109 cm³/mol. The second-order valence-electron chi connectivity index (χ2n) is 6.45. The molecule has 0 N–H and O–H groups in total. The Bertz CT molecular complexity index is 1220. The second-order valence-corrected chi connectivity index (χ2v) is 7.39. The van der Waals surface area contributed by atoms with Crippen LogP contribution in [-0.4, -0.2) is 24.1 Å². The Morgan fingerprint density at radius 1 is 0.964 bits per heavy atom. The van der Waals surface area contributed by atoms with Crippen LogP contribution in [0.3, 0.4) is 0 Å². The molecule has 0 aliphatic carbocycles. The molecule has 5 rings (SSSR count). The van der Waals surface area contributed by atoms with Crippen LogP contribution in [0.5, 0.6) is 0 Å². The fourth-order valence-corrected chi connectivity index (χ4v) is 3.94. The lowest BCUT2D eigenvalue weighted by molar-refractivity contribution is 0.575. The van der Waals surface area contributed by atoms with E-state index in [1.807, 2.05) is 53.1 Å². The molecule has 0 aliphatic heterocycles. The van der Waals surface area contributed by atoms with Crippen molar-refractivity contribution in [2.24, 2.45) is 0 Å². The monoisotopic (exact) mass is 387 g/mol. The van der Waals surface area contributed by atoms with E-state index in [1.54, 1.807) is 18.0 Å². The minimum Gasteiger partial charge on any atom is -0.461 e. The zero-order chi connectivity index (χ0) is 18.9. The molecule has 0 radical (unpaired) electrons. The number of imidazole rings is 1. The molecular weight excluding hydrogens is 370 g/mol. The molecule has 1 aromatic carbocycles. The van der Waals surface area contributed by atoms with Crippen molar-refractivity contribution in [2.75, 3.05) is 0 Å². The quantitative estimate of drug-likeness (QED) is 0.406. The fourth-order valence-electron chi connectivity index (χ4n) is 3.10. The summed E-state index contributed by atoms with van der Waals surface area (Å²) in [7, 11) is 0. The number of para-hydroxylation sites is 1. The molecule has 5 aromatic rings. The van der Waals surface area contributed by atoms with E-state index in [-0.39, 0.29) is 0 Å². The van der Waals surface area contributed by atoms with E-state index >= 15 is 0 Å². The van der Waals surface area contributed by atoms with Crippen LogP contribution in [0.15, 0.2) is 82.8 Å². The highest BCUT2D eigenvalue weighted by Gasteiger charge is 2.18. The van der Waals surface area contributed by atoms with Crippen LogP contribution in [0, 0.1) is 6.92 Å². The van der Waals surface area contributed by atoms with Gasteiger partial charge in [-0.15, -0.1) is 10.2 Å². The first-order valence-electron chi connectivity index (χ1n) is 8.90. The number of aromatic nitrogens is 5. The Hall–Kier alpha value is -3.32. The van der Waals surface area contributed by atoms with Gasteiger partial charge in [-0.05, 0) is 42.8 Å². The lowest BCUT2D eigenvalue weighted by Crippen LogP contribution is -1.99. The number of benzene rings is 1. The van der Waals surface area contributed by atoms with Gasteiger partial charge in [0.1, 0.15) is 5.65 Å². The highest BCUT2D eigenvalue weighted by atomic mass is 32.2. The first-order chi connectivity index (χ1) is 13.8. The molecule has 0 bridgehead atoms. The molecule has 28 heavy (non-hydrogen) atoms. The van der Waals surface area contributed by atoms with E-state index in [2.05, 4.69) is 40.0 Å². The molecule has 0 saturated heterocycles. The maximum absolute atomic E-state index is 5.56. The summed E-state index contributed by atoms with van der Waals surface area (Å²) in [5.41, 5.74) is 4.14. The van der Waals surface area contributed by atoms with E-state index in [4.69, 9.17) is 9.40 Å². The van der Waals surface area contributed by atoms with E-state index in [1.165, 1.54) is 5.56 Å². The van der Waals surface area contributed by atoms with Crippen LogP contribution in [0.1, 0.15) is 11.3 Å². The molecule has 6 nitrogen and oxygen atoms in total. The maximum Gasteiger partial charge on any atom is 0.205 e. The minimum atomic E-state index is 0.685. The molecule has 0 spiro atoms. The number of hydrogen-bond acceptors (Lipinski definition) is 5. The van der Waals surface area contributed by atoms with Crippen molar-refractivity contribution in [1.29, 1.82) is 0 Å². The van der Waals surface area contributed by atoms with Gasteiger partial charge in [0.2, 0.25) is 5.82 Å². The molecule has 0 saturated carbocycles. The first-order valence-corrected chi connectivity index (χ1v) is 9.88. The molecule has 0 fully saturated rings. The third-order valence-corrected chi connectivity index (χ3v) is 5.35. The smallest absolute Gasteiger partial charge is 0.205 e. The Morgan fingerprint density at radius 2 is 1.86 bits per heavy atom. The second kappa shape index (κ2) is 7.01. The predicted octanol–water partition coefficient (Wildman–Crippen LogP) is 4.78. The number of aryl methyl sites for hydroxylation is 1. The summed E-state index contributed by atoms with van der Waals surface area (Å²) in [6, 6.07) is 17.9. The number of hydrogen-bond donors (Lipinski definition) is 0. The molecule has 138 valence electrons. The van der Waals surface area contributed by atoms with Crippen molar-refractivity contribution in [2.45, 2.75) is 17.8 Å². The van der Waals surface area contributed by atoms with Crippen molar-refractivity contribution in [1.82, 2.24) is 24.1 Å². The van der Waals surface area contributed by atoms with Crippen molar-refractivity contribution < 1.29 is 4.42 Å². The molecule has 4 heterocycles. The van der Waals surface area contributed by atoms with E-state index < -0.39 is 0 Å².